The van der Waals surface area contributed by atoms with Crippen molar-refractivity contribution >= 4 is 27.9 Å². The Bertz CT molecular complexity index is 1770. The molecule has 1 fully saturated rings. The third kappa shape index (κ3) is 3.70. The predicted octanol–water partition coefficient (Wildman–Crippen LogP) is 8.85. The van der Waals surface area contributed by atoms with E-state index < -0.39 is 0 Å². The van der Waals surface area contributed by atoms with E-state index in [0.717, 1.165) is 10.9 Å². The van der Waals surface area contributed by atoms with Gasteiger partial charge in [0.05, 0.1) is 10.8 Å². The zero-order valence-corrected chi connectivity index (χ0v) is 25.4. The second-order valence-electron chi connectivity index (χ2n) is 13.5. The van der Waals surface area contributed by atoms with Crippen molar-refractivity contribution in [3.05, 3.63) is 132 Å². The van der Waals surface area contributed by atoms with Gasteiger partial charge in [0.25, 0.3) is 0 Å². The van der Waals surface area contributed by atoms with Crippen LogP contribution in [0.5, 0.6) is 0 Å². The molecule has 3 atom stereocenters. The molecule has 3 unspecified atom stereocenters. The Kier molecular flexibility index (Phi) is 5.83. The van der Waals surface area contributed by atoms with Gasteiger partial charge in [0.1, 0.15) is 19.3 Å². The van der Waals surface area contributed by atoms with Gasteiger partial charge in [0.2, 0.25) is 5.69 Å². The van der Waals surface area contributed by atoms with Gasteiger partial charge in [-0.15, -0.1) is 0 Å². The average molecular weight is 539 g/mol. The molecule has 0 bridgehead atoms. The molecular weight excluding hydrogens is 496 g/mol. The largest absolute Gasteiger partial charge is 0.248 e. The number of fused-ring (bicyclic) bond motifs is 5. The SMILES string of the molecule is CC(C)C1C[N+]12/C(=C/C=C/C1=[N+](C)c3ccccc3C1(C)Cc1ccccc1)C(C)(C)c1ccc3ccccc3c12. The fraction of sp³-hybridized carbons (Fsp3) is 0.308. The van der Waals surface area contributed by atoms with Crippen LogP contribution in [0.1, 0.15) is 51.3 Å². The number of allylic oxidation sites excluding steroid dienone is 4. The molecular formula is C39H42N2+2. The molecule has 2 nitrogen and oxygen atoms in total. The monoisotopic (exact) mass is 538 g/mol. The number of para-hydroxylation sites is 1. The number of hydrogen-bond donors (Lipinski definition) is 0. The summed E-state index contributed by atoms with van der Waals surface area (Å²) in [7, 11) is 2.23. The molecule has 41 heavy (non-hydrogen) atoms. The molecule has 0 radical (unpaired) electrons. The smallest absolute Gasteiger partial charge is 0.209 e. The average Bonchev–Trinajstić information content (AvgIpc) is 3.64. The minimum Gasteiger partial charge on any atom is -0.248 e. The van der Waals surface area contributed by atoms with E-state index in [9.17, 15) is 0 Å². The summed E-state index contributed by atoms with van der Waals surface area (Å²) in [6.45, 7) is 13.3. The van der Waals surface area contributed by atoms with Crippen molar-refractivity contribution in [1.82, 2.24) is 4.48 Å². The fourth-order valence-corrected chi connectivity index (χ4v) is 8.38. The fourth-order valence-electron chi connectivity index (χ4n) is 8.38. The number of benzene rings is 4. The molecule has 206 valence electrons. The van der Waals surface area contributed by atoms with Crippen LogP contribution in [0.3, 0.4) is 0 Å². The van der Waals surface area contributed by atoms with E-state index in [4.69, 9.17) is 0 Å². The van der Waals surface area contributed by atoms with Crippen molar-refractivity contribution in [2.24, 2.45) is 5.92 Å². The van der Waals surface area contributed by atoms with Gasteiger partial charge >= 0.3 is 0 Å². The van der Waals surface area contributed by atoms with Crippen LogP contribution in [0.4, 0.5) is 11.4 Å². The molecule has 4 aromatic carbocycles. The van der Waals surface area contributed by atoms with E-state index in [1.54, 1.807) is 5.69 Å². The van der Waals surface area contributed by atoms with Crippen molar-refractivity contribution in [1.29, 1.82) is 0 Å². The van der Waals surface area contributed by atoms with Crippen LogP contribution >= 0.6 is 0 Å². The maximum Gasteiger partial charge on any atom is 0.209 e. The first-order chi connectivity index (χ1) is 19.7. The van der Waals surface area contributed by atoms with Crippen molar-refractivity contribution in [2.45, 2.75) is 57.9 Å². The zero-order chi connectivity index (χ0) is 28.6. The first-order valence-electron chi connectivity index (χ1n) is 15.2. The van der Waals surface area contributed by atoms with Crippen molar-refractivity contribution in [3.8, 4) is 0 Å². The van der Waals surface area contributed by atoms with Gasteiger partial charge < -0.3 is 0 Å². The lowest BCUT2D eigenvalue weighted by molar-refractivity contribution is -0.401. The standard InChI is InChI=1S/C39H42N2/c1-27(2)34-26-41(34)36(38(3,4)32-24-23-29-17-10-11-18-30(29)37(32)41)22-14-21-35-39(5,25-28-15-8-7-9-16-28)31-19-12-13-20-33(31)40(35)6/h7-24,27,34H,25-26H2,1-6H3/q+2/b21-14+,36-22+. The minimum atomic E-state index is -0.0986. The summed E-state index contributed by atoms with van der Waals surface area (Å²) in [5, 5.41) is 2.77. The summed E-state index contributed by atoms with van der Waals surface area (Å²) in [4.78, 5) is 0. The summed E-state index contributed by atoms with van der Waals surface area (Å²) in [5.41, 5.74) is 9.88. The third-order valence-electron chi connectivity index (χ3n) is 10.4. The molecule has 3 aliphatic rings. The highest BCUT2D eigenvalue weighted by molar-refractivity contribution is 6.04. The van der Waals surface area contributed by atoms with Gasteiger partial charge in [-0.3, -0.25) is 0 Å². The van der Waals surface area contributed by atoms with Crippen LogP contribution in [0.25, 0.3) is 10.8 Å². The van der Waals surface area contributed by atoms with Crippen LogP contribution < -0.4 is 4.48 Å². The zero-order valence-electron chi connectivity index (χ0n) is 25.4. The predicted molar refractivity (Wildman–Crippen MR) is 174 cm³/mol. The Labute approximate surface area is 245 Å². The molecule has 4 aromatic rings. The summed E-state index contributed by atoms with van der Waals surface area (Å²) < 4.78 is 3.42. The Hall–Kier alpha value is -3.75. The molecule has 0 aromatic heterocycles. The molecule has 3 heterocycles. The maximum absolute atomic E-state index is 2.48. The quantitative estimate of drug-likeness (QED) is 0.136. The van der Waals surface area contributed by atoms with E-state index in [2.05, 4.69) is 155 Å². The summed E-state index contributed by atoms with van der Waals surface area (Å²) in [6, 6.07) is 34.2. The van der Waals surface area contributed by atoms with E-state index in [1.807, 2.05) is 0 Å². The molecule has 1 saturated heterocycles. The van der Waals surface area contributed by atoms with Crippen molar-refractivity contribution < 1.29 is 4.58 Å². The van der Waals surface area contributed by atoms with Gasteiger partial charge in [0, 0.05) is 34.6 Å². The van der Waals surface area contributed by atoms with Crippen LogP contribution in [-0.4, -0.2) is 29.9 Å². The lowest BCUT2D eigenvalue weighted by Crippen LogP contribution is -2.33. The molecule has 0 saturated carbocycles. The van der Waals surface area contributed by atoms with E-state index in [0.29, 0.717) is 12.0 Å². The highest BCUT2D eigenvalue weighted by atomic mass is 15.5. The molecule has 0 aliphatic carbocycles. The van der Waals surface area contributed by atoms with Gasteiger partial charge in [0.15, 0.2) is 17.4 Å². The Morgan fingerprint density at radius 1 is 0.854 bits per heavy atom. The molecule has 2 heteroatoms. The molecule has 7 rings (SSSR count). The van der Waals surface area contributed by atoms with Gasteiger partial charge in [-0.1, -0.05) is 98.8 Å². The first kappa shape index (κ1) is 26.2. The summed E-state index contributed by atoms with van der Waals surface area (Å²) >= 11 is 0. The summed E-state index contributed by atoms with van der Waals surface area (Å²) in [5.74, 6) is 0.627. The van der Waals surface area contributed by atoms with Crippen molar-refractivity contribution in [3.63, 3.8) is 0 Å². The summed E-state index contributed by atoms with van der Waals surface area (Å²) in [6.07, 6.45) is 8.22. The minimum absolute atomic E-state index is 0.0319. The van der Waals surface area contributed by atoms with Gasteiger partial charge in [-0.2, -0.15) is 4.58 Å². The van der Waals surface area contributed by atoms with Gasteiger partial charge in [-0.05, 0) is 50.3 Å². The lowest BCUT2D eigenvalue weighted by Gasteiger charge is -2.24. The molecule has 3 aliphatic heterocycles. The Morgan fingerprint density at radius 3 is 2.32 bits per heavy atom. The lowest BCUT2D eigenvalue weighted by atomic mass is 9.74. The number of rotatable bonds is 5. The third-order valence-corrected chi connectivity index (χ3v) is 10.4. The normalized spacial score (nSPS) is 27.0. The van der Waals surface area contributed by atoms with Crippen LogP contribution in [0.15, 0.2) is 115 Å². The van der Waals surface area contributed by atoms with Crippen LogP contribution in [-0.2, 0) is 17.3 Å². The van der Waals surface area contributed by atoms with Gasteiger partial charge in [-0.25, -0.2) is 4.48 Å². The number of hydrogen-bond acceptors (Lipinski definition) is 0. The second-order valence-corrected chi connectivity index (χ2v) is 13.5. The molecule has 0 N–H and O–H groups in total. The second kappa shape index (κ2) is 9.13. The number of quaternary nitrogens is 1. The highest BCUT2D eigenvalue weighted by Gasteiger charge is 2.69. The van der Waals surface area contributed by atoms with E-state index >= 15 is 0 Å². The van der Waals surface area contributed by atoms with E-state index in [-0.39, 0.29) is 10.8 Å². The van der Waals surface area contributed by atoms with E-state index in [1.165, 1.54) is 51.1 Å². The Balaban J connectivity index is 1.35. The molecule has 1 spiro atoms. The maximum atomic E-state index is 2.48. The molecule has 0 amide bonds. The topological polar surface area (TPSA) is 3.01 Å². The Morgan fingerprint density at radius 2 is 1.56 bits per heavy atom. The highest BCUT2D eigenvalue weighted by Crippen LogP contribution is 2.62. The first-order valence-corrected chi connectivity index (χ1v) is 15.2. The number of nitrogens with zero attached hydrogens (tertiary/aromatic N) is 2. The van der Waals surface area contributed by atoms with Crippen molar-refractivity contribution in [2.75, 3.05) is 13.6 Å². The van der Waals surface area contributed by atoms with Crippen LogP contribution in [0, 0.1) is 5.92 Å². The van der Waals surface area contributed by atoms with Crippen LogP contribution in [0.2, 0.25) is 0 Å².